The Kier molecular flexibility index (Phi) is 13.3. The third-order valence-corrected chi connectivity index (χ3v) is 9.31. The van der Waals surface area contributed by atoms with Crippen molar-refractivity contribution in [3.05, 3.63) is 130 Å². The molecule has 3 amide bonds. The van der Waals surface area contributed by atoms with Crippen LogP contribution >= 0.6 is 11.6 Å². The van der Waals surface area contributed by atoms with Crippen LogP contribution in [-0.2, 0) is 31.1 Å². The first-order valence-electron chi connectivity index (χ1n) is 18.3. The second-order valence-electron chi connectivity index (χ2n) is 13.5. The van der Waals surface area contributed by atoms with Gasteiger partial charge in [0.05, 0.1) is 12.6 Å². The third kappa shape index (κ3) is 12.1. The molecule has 0 radical (unpaired) electrons. The zero-order chi connectivity index (χ0) is 42.0. The summed E-state index contributed by atoms with van der Waals surface area (Å²) in [5.74, 6) is -3.45. The van der Waals surface area contributed by atoms with Crippen LogP contribution in [0.1, 0.15) is 46.3 Å². The summed E-state index contributed by atoms with van der Waals surface area (Å²) in [6, 6.07) is 28.2. The van der Waals surface area contributed by atoms with E-state index in [4.69, 9.17) is 21.1 Å². The Morgan fingerprint density at radius 1 is 0.797 bits per heavy atom. The summed E-state index contributed by atoms with van der Waals surface area (Å²) in [6.07, 6.45) is -2.61. The van der Waals surface area contributed by atoms with E-state index in [-0.39, 0.29) is 30.4 Å². The molecule has 1 fully saturated rings. The minimum atomic E-state index is -4.64. The number of hydrogen-bond donors (Lipinski definition) is 5. The number of carbonyl (C=O) groups is 4. The number of methoxy groups -OCH3 is 1. The van der Waals surface area contributed by atoms with Crippen molar-refractivity contribution in [2.24, 2.45) is 0 Å². The monoisotopic (exact) mass is 830 g/mol. The summed E-state index contributed by atoms with van der Waals surface area (Å²) in [4.78, 5) is 63.1. The first-order valence-corrected chi connectivity index (χ1v) is 18.6. The molecule has 5 N–H and O–H groups in total. The number of halogens is 4. The van der Waals surface area contributed by atoms with Gasteiger partial charge >= 0.3 is 30.0 Å². The molecule has 1 aromatic heterocycles. The molecular weight excluding hydrogens is 793 g/mol. The molecule has 59 heavy (non-hydrogen) atoms. The molecule has 0 bridgehead atoms. The van der Waals surface area contributed by atoms with E-state index < -0.39 is 54.1 Å². The fourth-order valence-electron chi connectivity index (χ4n) is 5.88. The third-order valence-electron chi connectivity index (χ3n) is 9.06. The van der Waals surface area contributed by atoms with E-state index in [0.29, 0.717) is 35.7 Å². The lowest BCUT2D eigenvalue weighted by Gasteiger charge is -2.19. The predicted molar refractivity (Wildman–Crippen MR) is 212 cm³/mol. The minimum Gasteiger partial charge on any atom is -0.467 e. The number of alkyl halides is 3. The maximum absolute atomic E-state index is 13.1. The maximum atomic E-state index is 13.1. The minimum absolute atomic E-state index is 0.0294. The number of rotatable bonds is 16. The maximum Gasteiger partial charge on any atom is 0.422 e. The Hall–Kier alpha value is -6.75. The van der Waals surface area contributed by atoms with E-state index in [0.717, 1.165) is 23.8 Å². The van der Waals surface area contributed by atoms with E-state index in [1.54, 1.807) is 24.3 Å². The molecule has 1 saturated carbocycles. The van der Waals surface area contributed by atoms with Crippen molar-refractivity contribution < 1.29 is 41.8 Å². The number of hydrogen-bond acceptors (Lipinski definition) is 11. The van der Waals surface area contributed by atoms with Crippen molar-refractivity contribution in [2.45, 2.75) is 43.4 Å². The normalized spacial score (nSPS) is 13.3. The second kappa shape index (κ2) is 18.7. The highest BCUT2D eigenvalue weighted by atomic mass is 35.5. The van der Waals surface area contributed by atoms with E-state index in [1.165, 1.54) is 24.3 Å². The fraction of sp³-hybridized carbons (Fsp3) is 0.244. The van der Waals surface area contributed by atoms with Crippen LogP contribution in [0.25, 0.3) is 0 Å². The van der Waals surface area contributed by atoms with Gasteiger partial charge in [0.1, 0.15) is 6.04 Å². The van der Waals surface area contributed by atoms with Gasteiger partial charge in [0.2, 0.25) is 11.9 Å². The molecule has 4 aromatic carbocycles. The number of nitrogens with zero attached hydrogens (tertiary/aromatic N) is 3. The first kappa shape index (κ1) is 41.9. The van der Waals surface area contributed by atoms with Crippen molar-refractivity contribution in [3.63, 3.8) is 0 Å². The van der Waals surface area contributed by atoms with Gasteiger partial charge in [-0.3, -0.25) is 14.4 Å². The zero-order valence-electron chi connectivity index (χ0n) is 31.4. The Balaban J connectivity index is 1.03. The van der Waals surface area contributed by atoms with Crippen LogP contribution in [0.5, 0.6) is 6.01 Å². The topological polar surface area (TPSA) is 186 Å². The van der Waals surface area contributed by atoms with E-state index in [2.05, 4.69) is 41.5 Å². The van der Waals surface area contributed by atoms with Gasteiger partial charge in [0.25, 0.3) is 5.91 Å². The number of anilines is 4. The van der Waals surface area contributed by atoms with Crippen LogP contribution < -0.4 is 31.3 Å². The van der Waals surface area contributed by atoms with E-state index in [9.17, 15) is 32.3 Å². The summed E-state index contributed by atoms with van der Waals surface area (Å²) < 4.78 is 48.6. The molecular formula is C41H38ClF3N8O6. The van der Waals surface area contributed by atoms with Gasteiger partial charge in [-0.15, -0.1) is 0 Å². The number of amides is 3. The lowest BCUT2D eigenvalue weighted by Crippen LogP contribution is -2.44. The number of carbonyl (C=O) groups excluding carboxylic acids is 4. The first-order chi connectivity index (χ1) is 28.3. The summed E-state index contributed by atoms with van der Waals surface area (Å²) >= 11 is 6.04. The Morgan fingerprint density at radius 3 is 2.08 bits per heavy atom. The quantitative estimate of drug-likeness (QED) is 0.0554. The lowest BCUT2D eigenvalue weighted by atomic mass is 10.0. The van der Waals surface area contributed by atoms with Gasteiger partial charge in [0, 0.05) is 28.5 Å². The highest BCUT2D eigenvalue weighted by molar-refractivity contribution is 6.39. The molecule has 6 rings (SSSR count). The highest BCUT2D eigenvalue weighted by Crippen LogP contribution is 2.48. The number of nitrogens with one attached hydrogen (secondary N) is 5. The van der Waals surface area contributed by atoms with Gasteiger partial charge in [-0.2, -0.15) is 28.1 Å². The molecule has 0 aliphatic heterocycles. The fourth-order valence-corrected chi connectivity index (χ4v) is 6.00. The molecule has 1 aliphatic carbocycles. The number of ether oxygens (including phenoxy) is 2. The molecule has 18 heteroatoms. The van der Waals surface area contributed by atoms with Crippen molar-refractivity contribution in [1.29, 1.82) is 0 Å². The number of aromatic nitrogens is 3. The number of benzene rings is 4. The van der Waals surface area contributed by atoms with Crippen LogP contribution in [0.3, 0.4) is 0 Å². The molecule has 1 aliphatic rings. The molecule has 0 saturated heterocycles. The molecule has 1 atom stereocenters. The summed E-state index contributed by atoms with van der Waals surface area (Å²) in [7, 11) is 1.14. The van der Waals surface area contributed by atoms with Gasteiger partial charge in [-0.05, 0) is 90.9 Å². The SMILES string of the molecule is COC(=O)[C@H](CCNC(=O)C(=O)Nc1ccc(Cc2ccccc2)cc1)NC(=O)c1ccc(Nc2nc(NC3(c4ccc(Cl)cc4)CC3)nc(OCC(F)(F)F)n2)cc1. The molecule has 0 spiro atoms. The summed E-state index contributed by atoms with van der Waals surface area (Å²) in [5.41, 5.74) is 3.40. The second-order valence-corrected chi connectivity index (χ2v) is 13.9. The van der Waals surface area contributed by atoms with Gasteiger partial charge in [-0.25, -0.2) is 4.79 Å². The van der Waals surface area contributed by atoms with Crippen molar-refractivity contribution >= 4 is 58.6 Å². The number of esters is 1. The van der Waals surface area contributed by atoms with Crippen LogP contribution in [0, 0.1) is 0 Å². The Labute approximate surface area is 341 Å². The average Bonchev–Trinajstić information content (AvgIpc) is 4.00. The predicted octanol–water partition coefficient (Wildman–Crippen LogP) is 6.32. The lowest BCUT2D eigenvalue weighted by molar-refractivity contribution is -0.154. The highest BCUT2D eigenvalue weighted by Gasteiger charge is 2.45. The summed E-state index contributed by atoms with van der Waals surface area (Å²) in [6.45, 7) is -1.77. The Bertz CT molecular complexity index is 2260. The molecule has 0 unspecified atom stereocenters. The molecule has 1 heterocycles. The van der Waals surface area contributed by atoms with Crippen LogP contribution in [0.2, 0.25) is 5.02 Å². The van der Waals surface area contributed by atoms with E-state index >= 15 is 0 Å². The van der Waals surface area contributed by atoms with Gasteiger partial charge in [0.15, 0.2) is 6.61 Å². The van der Waals surface area contributed by atoms with E-state index in [1.807, 2.05) is 54.6 Å². The van der Waals surface area contributed by atoms with Crippen molar-refractivity contribution in [3.8, 4) is 6.01 Å². The van der Waals surface area contributed by atoms with Crippen LogP contribution in [0.15, 0.2) is 103 Å². The summed E-state index contributed by atoms with van der Waals surface area (Å²) in [5, 5.41) is 14.2. The Morgan fingerprint density at radius 2 is 1.44 bits per heavy atom. The van der Waals surface area contributed by atoms with Crippen LogP contribution in [-0.4, -0.2) is 71.1 Å². The standard InChI is InChI=1S/C41H38ClF3N8O6/c1-58-36(57)32(19-22-46-34(55)35(56)47-30-15-7-26(8-16-30)23-25-5-3-2-4-6-25)49-33(54)27-9-17-31(18-10-27)48-37-50-38(52-39(51-37)59-24-41(43,44)45)53-40(20-21-40)28-11-13-29(42)14-12-28/h2-18,32H,19-24H2,1H3,(H,46,55)(H,47,56)(H,49,54)(H2,48,50,51,52,53)/t32-/m0/s1. The molecule has 306 valence electrons. The van der Waals surface area contributed by atoms with Gasteiger partial charge < -0.3 is 36.1 Å². The van der Waals surface area contributed by atoms with Gasteiger partial charge in [-0.1, -0.05) is 66.2 Å². The van der Waals surface area contributed by atoms with Crippen LogP contribution in [0.4, 0.5) is 36.4 Å². The molecule has 14 nitrogen and oxygen atoms in total. The molecule has 5 aromatic rings. The largest absolute Gasteiger partial charge is 0.467 e. The zero-order valence-corrected chi connectivity index (χ0v) is 32.2. The van der Waals surface area contributed by atoms with Crippen molar-refractivity contribution in [1.82, 2.24) is 25.6 Å². The van der Waals surface area contributed by atoms with Crippen molar-refractivity contribution in [2.75, 3.05) is 36.2 Å². The smallest absolute Gasteiger partial charge is 0.422 e. The average molecular weight is 831 g/mol.